The highest BCUT2D eigenvalue weighted by molar-refractivity contribution is 6.19. The Bertz CT molecular complexity index is 475. The minimum absolute atomic E-state index is 0.0350. The number of rotatable bonds is 7. The van der Waals surface area contributed by atoms with Crippen LogP contribution in [0.3, 0.4) is 0 Å². The number of nitrogens with one attached hydrogen (secondary N) is 1. The third-order valence-electron chi connectivity index (χ3n) is 3.51. The van der Waals surface area contributed by atoms with Crippen molar-refractivity contribution in [3.63, 3.8) is 0 Å². The van der Waals surface area contributed by atoms with Gasteiger partial charge < -0.3 is 15.0 Å². The van der Waals surface area contributed by atoms with Crippen molar-refractivity contribution in [2.75, 3.05) is 33.6 Å². The van der Waals surface area contributed by atoms with Gasteiger partial charge >= 0.3 is 0 Å². The Kier molecular flexibility index (Phi) is 6.49. The summed E-state index contributed by atoms with van der Waals surface area (Å²) in [7, 11) is 5.63. The van der Waals surface area contributed by atoms with Gasteiger partial charge in [-0.15, -0.1) is 11.6 Å². The molecule has 0 fully saturated rings. The van der Waals surface area contributed by atoms with Crippen LogP contribution in [-0.4, -0.2) is 44.4 Å². The molecule has 5 heteroatoms. The van der Waals surface area contributed by atoms with E-state index in [0.29, 0.717) is 12.4 Å². The molecule has 1 aromatic rings. The molecule has 0 spiro atoms. The second-order valence-corrected chi connectivity index (χ2v) is 6.25. The summed E-state index contributed by atoms with van der Waals surface area (Å²) in [6.45, 7) is 4.20. The van der Waals surface area contributed by atoms with Gasteiger partial charge in [0.25, 0.3) is 0 Å². The monoisotopic (exact) mass is 312 g/mol. The number of likely N-dealkylation sites (N-methyl/N-ethyl adjacent to an activating group) is 1. The van der Waals surface area contributed by atoms with Gasteiger partial charge in [-0.3, -0.25) is 4.79 Å². The first-order chi connectivity index (χ1) is 9.81. The molecule has 0 aromatic heterocycles. The van der Waals surface area contributed by atoms with Crippen molar-refractivity contribution in [2.24, 2.45) is 5.41 Å². The first-order valence-corrected chi connectivity index (χ1v) is 7.50. The van der Waals surface area contributed by atoms with Gasteiger partial charge in [0.1, 0.15) is 5.75 Å². The second kappa shape index (κ2) is 7.66. The Balaban J connectivity index is 2.81. The molecule has 1 unspecified atom stereocenters. The lowest BCUT2D eigenvalue weighted by molar-refractivity contribution is -0.128. The van der Waals surface area contributed by atoms with Crippen molar-refractivity contribution in [3.05, 3.63) is 29.8 Å². The van der Waals surface area contributed by atoms with Gasteiger partial charge in [-0.1, -0.05) is 12.1 Å². The third kappa shape index (κ3) is 4.90. The molecule has 118 valence electrons. The highest BCUT2D eigenvalue weighted by Crippen LogP contribution is 2.23. The van der Waals surface area contributed by atoms with E-state index in [4.69, 9.17) is 16.3 Å². The maximum atomic E-state index is 12.1. The van der Waals surface area contributed by atoms with Crippen LogP contribution in [0.25, 0.3) is 0 Å². The van der Waals surface area contributed by atoms with Gasteiger partial charge in [-0.2, -0.15) is 0 Å². The number of halogens is 1. The van der Waals surface area contributed by atoms with Gasteiger partial charge in [-0.05, 0) is 45.6 Å². The van der Waals surface area contributed by atoms with Gasteiger partial charge in [0.05, 0.1) is 18.6 Å². The van der Waals surface area contributed by atoms with E-state index >= 15 is 0 Å². The van der Waals surface area contributed by atoms with E-state index < -0.39 is 5.41 Å². The van der Waals surface area contributed by atoms with Crippen molar-refractivity contribution in [1.29, 1.82) is 0 Å². The predicted octanol–water partition coefficient (Wildman–Crippen LogP) is 2.68. The molecule has 0 saturated heterocycles. The fourth-order valence-electron chi connectivity index (χ4n) is 1.94. The van der Waals surface area contributed by atoms with Crippen molar-refractivity contribution in [1.82, 2.24) is 10.2 Å². The molecule has 0 radical (unpaired) electrons. The highest BCUT2D eigenvalue weighted by Gasteiger charge is 2.27. The minimum Gasteiger partial charge on any atom is -0.497 e. The van der Waals surface area contributed by atoms with Gasteiger partial charge in [0.2, 0.25) is 5.91 Å². The molecular weight excluding hydrogens is 288 g/mol. The molecule has 4 nitrogen and oxygen atoms in total. The number of benzene rings is 1. The average Bonchev–Trinajstić information content (AvgIpc) is 2.47. The molecule has 0 aliphatic heterocycles. The lowest BCUT2D eigenvalue weighted by Crippen LogP contribution is -2.42. The summed E-state index contributed by atoms with van der Waals surface area (Å²) in [5, 5.41) is 2.99. The SMILES string of the molecule is COc1cccc(C(CNC(=O)C(C)(C)CCl)N(C)C)c1. The standard InChI is InChI=1S/C16H25ClN2O2/c1-16(2,11-17)15(20)18-10-14(19(3)4)12-7-6-8-13(9-12)21-5/h6-9,14H,10-11H2,1-5H3,(H,18,20). The first kappa shape index (κ1) is 17.8. The number of hydrogen-bond donors (Lipinski definition) is 1. The molecule has 1 atom stereocenters. The van der Waals surface area contributed by atoms with Crippen LogP contribution in [0.5, 0.6) is 5.75 Å². The molecule has 1 amide bonds. The summed E-state index contributed by atoms with van der Waals surface area (Å²) in [5.74, 6) is 1.07. The summed E-state index contributed by atoms with van der Waals surface area (Å²) in [5.41, 5.74) is 0.538. The quantitative estimate of drug-likeness (QED) is 0.787. The number of hydrogen-bond acceptors (Lipinski definition) is 3. The minimum atomic E-state index is -0.563. The molecule has 0 heterocycles. The van der Waals surface area contributed by atoms with Crippen LogP contribution in [0, 0.1) is 5.41 Å². The van der Waals surface area contributed by atoms with E-state index in [-0.39, 0.29) is 11.9 Å². The second-order valence-electron chi connectivity index (χ2n) is 5.98. The Hall–Kier alpha value is -1.26. The van der Waals surface area contributed by atoms with E-state index in [9.17, 15) is 4.79 Å². The van der Waals surface area contributed by atoms with Crippen LogP contribution in [-0.2, 0) is 4.79 Å². The lowest BCUT2D eigenvalue weighted by atomic mass is 9.95. The van der Waals surface area contributed by atoms with E-state index in [2.05, 4.69) is 10.2 Å². The fourth-order valence-corrected chi connectivity index (χ4v) is 2.06. The highest BCUT2D eigenvalue weighted by atomic mass is 35.5. The predicted molar refractivity (Wildman–Crippen MR) is 86.9 cm³/mol. The largest absolute Gasteiger partial charge is 0.497 e. The van der Waals surface area contributed by atoms with E-state index in [0.717, 1.165) is 11.3 Å². The Labute approximate surface area is 132 Å². The number of carbonyl (C=O) groups is 1. The molecule has 0 aliphatic carbocycles. The summed E-state index contributed by atoms with van der Waals surface area (Å²) < 4.78 is 5.26. The van der Waals surface area contributed by atoms with Crippen LogP contribution in [0.1, 0.15) is 25.5 Å². The normalized spacial score (nSPS) is 13.1. The zero-order valence-electron chi connectivity index (χ0n) is 13.4. The van der Waals surface area contributed by atoms with Gasteiger partial charge in [-0.25, -0.2) is 0 Å². The maximum absolute atomic E-state index is 12.1. The Morgan fingerprint density at radius 3 is 2.62 bits per heavy atom. The van der Waals surface area contributed by atoms with Crippen molar-refractivity contribution >= 4 is 17.5 Å². The molecule has 0 saturated carbocycles. The van der Waals surface area contributed by atoms with E-state index in [1.54, 1.807) is 7.11 Å². The number of carbonyl (C=O) groups excluding carboxylic acids is 1. The maximum Gasteiger partial charge on any atom is 0.226 e. The van der Waals surface area contributed by atoms with Crippen molar-refractivity contribution < 1.29 is 9.53 Å². The van der Waals surface area contributed by atoms with Crippen LogP contribution < -0.4 is 10.1 Å². The molecule has 0 aliphatic rings. The van der Waals surface area contributed by atoms with Gasteiger partial charge in [0, 0.05) is 12.4 Å². The zero-order valence-corrected chi connectivity index (χ0v) is 14.2. The lowest BCUT2D eigenvalue weighted by Gasteiger charge is -2.28. The number of ether oxygens (including phenoxy) is 1. The number of alkyl halides is 1. The smallest absolute Gasteiger partial charge is 0.226 e. The number of nitrogens with zero attached hydrogens (tertiary/aromatic N) is 1. The average molecular weight is 313 g/mol. The first-order valence-electron chi connectivity index (χ1n) is 6.96. The fraction of sp³-hybridized carbons (Fsp3) is 0.562. The van der Waals surface area contributed by atoms with Crippen LogP contribution in [0.4, 0.5) is 0 Å². The Morgan fingerprint density at radius 2 is 2.10 bits per heavy atom. The molecule has 1 aromatic carbocycles. The zero-order chi connectivity index (χ0) is 16.0. The molecule has 21 heavy (non-hydrogen) atoms. The summed E-state index contributed by atoms with van der Waals surface area (Å²) in [6.07, 6.45) is 0. The number of methoxy groups -OCH3 is 1. The van der Waals surface area contributed by atoms with Gasteiger partial charge in [0.15, 0.2) is 0 Å². The summed E-state index contributed by atoms with van der Waals surface area (Å²) >= 11 is 5.83. The molecule has 1 rings (SSSR count). The molecular formula is C16H25ClN2O2. The van der Waals surface area contributed by atoms with Crippen LogP contribution in [0.2, 0.25) is 0 Å². The molecule has 1 N–H and O–H groups in total. The number of amides is 1. The van der Waals surface area contributed by atoms with Crippen LogP contribution >= 0.6 is 11.6 Å². The van der Waals surface area contributed by atoms with Crippen molar-refractivity contribution in [3.8, 4) is 5.75 Å². The van der Waals surface area contributed by atoms with E-state index in [1.807, 2.05) is 52.2 Å². The summed E-state index contributed by atoms with van der Waals surface area (Å²) in [4.78, 5) is 14.2. The topological polar surface area (TPSA) is 41.6 Å². The van der Waals surface area contributed by atoms with E-state index in [1.165, 1.54) is 0 Å². The van der Waals surface area contributed by atoms with Crippen LogP contribution in [0.15, 0.2) is 24.3 Å². The Morgan fingerprint density at radius 1 is 1.43 bits per heavy atom. The molecule has 0 bridgehead atoms. The summed E-state index contributed by atoms with van der Waals surface area (Å²) in [6, 6.07) is 7.96. The van der Waals surface area contributed by atoms with Crippen molar-refractivity contribution in [2.45, 2.75) is 19.9 Å². The third-order valence-corrected chi connectivity index (χ3v) is 4.17.